The van der Waals surface area contributed by atoms with Gasteiger partial charge in [-0.15, -0.1) is 0 Å². The Hall–Kier alpha value is -0.310. The van der Waals surface area contributed by atoms with Gasteiger partial charge in [0, 0.05) is 8.90 Å². The summed E-state index contributed by atoms with van der Waals surface area (Å²) in [5.41, 5.74) is 0.768. The summed E-state index contributed by atoms with van der Waals surface area (Å²) in [6.45, 7) is 1.95. The second-order valence-electron chi connectivity index (χ2n) is 3.37. The van der Waals surface area contributed by atoms with Gasteiger partial charge in [0.2, 0.25) is 0 Å². The Kier molecular flexibility index (Phi) is 6.40. The van der Waals surface area contributed by atoms with Crippen LogP contribution in [0, 0.1) is 3.57 Å². The molecule has 0 aliphatic carbocycles. The molecule has 100 valence electrons. The maximum Gasteiger partial charge on any atom is 0.311 e. The van der Waals surface area contributed by atoms with Crippen molar-refractivity contribution in [3.8, 4) is 0 Å². The summed E-state index contributed by atoms with van der Waals surface area (Å²) in [5, 5.41) is 0.455. The Morgan fingerprint density at radius 3 is 2.78 bits per heavy atom. The highest BCUT2D eigenvalue weighted by Gasteiger charge is 2.18. The predicted octanol–water partition coefficient (Wildman–Crippen LogP) is 3.62. The van der Waals surface area contributed by atoms with E-state index >= 15 is 0 Å². The van der Waals surface area contributed by atoms with Gasteiger partial charge < -0.3 is 4.74 Å². The molecule has 0 radical (unpaired) electrons. The number of carbonyl (C=O) groups is 1. The lowest BCUT2D eigenvalue weighted by molar-refractivity contribution is -0.142. The molecule has 18 heavy (non-hydrogen) atoms. The van der Waals surface area contributed by atoms with Gasteiger partial charge in [0.15, 0.2) is 0 Å². The Morgan fingerprint density at radius 1 is 1.61 bits per heavy atom. The van der Waals surface area contributed by atoms with Gasteiger partial charge in [-0.3, -0.25) is 9.78 Å². The van der Waals surface area contributed by atoms with Crippen LogP contribution in [0.3, 0.4) is 0 Å². The van der Waals surface area contributed by atoms with Crippen LogP contribution in [0.1, 0.15) is 30.3 Å². The van der Waals surface area contributed by atoms with Crippen molar-refractivity contribution in [3.05, 3.63) is 26.6 Å². The Labute approximate surface area is 126 Å². The maximum absolute atomic E-state index is 12.7. The number of alkyl halides is 3. The fourth-order valence-corrected chi connectivity index (χ4v) is 3.33. The standard InChI is InChI=1S/C11H11BrF2INO2/c1-2-18-10(17)4-8-6(5-12)7(15)3-9(16-8)11(13)14/h3,11H,2,4-5H2,1H3. The van der Waals surface area contributed by atoms with Crippen LogP contribution >= 0.6 is 38.5 Å². The Bertz CT molecular complexity index is 443. The summed E-state index contributed by atoms with van der Waals surface area (Å²) < 4.78 is 30.8. The van der Waals surface area contributed by atoms with Crippen LogP contribution in [0.4, 0.5) is 8.78 Å². The van der Waals surface area contributed by atoms with Crippen molar-refractivity contribution < 1.29 is 18.3 Å². The summed E-state index contributed by atoms with van der Waals surface area (Å²) in [6.07, 6.45) is -2.74. The molecular weight excluding hydrogens is 423 g/mol. The van der Waals surface area contributed by atoms with Crippen LogP contribution in [0.15, 0.2) is 6.07 Å². The minimum atomic E-state index is -2.65. The van der Waals surface area contributed by atoms with E-state index in [4.69, 9.17) is 4.74 Å². The fourth-order valence-electron chi connectivity index (χ4n) is 1.36. The van der Waals surface area contributed by atoms with Crippen molar-refractivity contribution in [1.82, 2.24) is 4.98 Å². The molecule has 0 saturated carbocycles. The van der Waals surface area contributed by atoms with E-state index in [9.17, 15) is 13.6 Å². The fraction of sp³-hybridized carbons (Fsp3) is 0.455. The Balaban J connectivity index is 3.10. The average Bonchev–Trinajstić information content (AvgIpc) is 2.28. The molecule has 0 aliphatic heterocycles. The molecular formula is C11H11BrF2INO2. The number of esters is 1. The molecule has 0 aromatic carbocycles. The van der Waals surface area contributed by atoms with E-state index in [1.54, 1.807) is 6.92 Å². The molecule has 1 heterocycles. The molecule has 0 saturated heterocycles. The number of halogens is 4. The van der Waals surface area contributed by atoms with E-state index in [0.717, 1.165) is 5.56 Å². The van der Waals surface area contributed by atoms with E-state index in [-0.39, 0.29) is 18.7 Å². The number of carbonyl (C=O) groups excluding carboxylic acids is 1. The van der Waals surface area contributed by atoms with Crippen molar-refractivity contribution >= 4 is 44.5 Å². The molecule has 3 nitrogen and oxygen atoms in total. The topological polar surface area (TPSA) is 39.2 Å². The van der Waals surface area contributed by atoms with Crippen LogP contribution in [0.2, 0.25) is 0 Å². The SMILES string of the molecule is CCOC(=O)Cc1nc(C(F)F)cc(I)c1CBr. The summed E-state index contributed by atoms with van der Waals surface area (Å²) >= 11 is 5.22. The highest BCUT2D eigenvalue weighted by molar-refractivity contribution is 14.1. The number of nitrogens with zero attached hydrogens (tertiary/aromatic N) is 1. The monoisotopic (exact) mass is 433 g/mol. The number of hydrogen-bond acceptors (Lipinski definition) is 3. The van der Waals surface area contributed by atoms with E-state index < -0.39 is 12.4 Å². The molecule has 0 unspecified atom stereocenters. The summed E-state index contributed by atoms with van der Waals surface area (Å²) in [5.74, 6) is -0.464. The first kappa shape index (κ1) is 15.7. The van der Waals surface area contributed by atoms with Gasteiger partial charge in [0.25, 0.3) is 6.43 Å². The van der Waals surface area contributed by atoms with Gasteiger partial charge in [-0.1, -0.05) is 15.9 Å². The van der Waals surface area contributed by atoms with Crippen molar-refractivity contribution in [3.63, 3.8) is 0 Å². The number of pyridine rings is 1. The first-order chi connectivity index (χ1) is 8.49. The lowest BCUT2D eigenvalue weighted by Gasteiger charge is -2.11. The molecule has 0 atom stereocenters. The van der Waals surface area contributed by atoms with Crippen molar-refractivity contribution in [2.75, 3.05) is 6.61 Å². The summed E-state index contributed by atoms with van der Waals surface area (Å²) in [4.78, 5) is 15.2. The van der Waals surface area contributed by atoms with Crippen molar-refractivity contribution in [1.29, 1.82) is 0 Å². The van der Waals surface area contributed by atoms with E-state index in [2.05, 4.69) is 20.9 Å². The van der Waals surface area contributed by atoms with Gasteiger partial charge in [0.05, 0.1) is 18.7 Å². The highest BCUT2D eigenvalue weighted by Crippen LogP contribution is 2.25. The zero-order chi connectivity index (χ0) is 13.7. The van der Waals surface area contributed by atoms with Crippen LogP contribution < -0.4 is 0 Å². The molecule has 0 fully saturated rings. The third kappa shape index (κ3) is 4.11. The molecule has 0 aliphatic rings. The quantitative estimate of drug-likeness (QED) is 0.404. The smallest absolute Gasteiger partial charge is 0.311 e. The Morgan fingerprint density at radius 2 is 2.28 bits per heavy atom. The molecule has 0 amide bonds. The van der Waals surface area contributed by atoms with Crippen molar-refractivity contribution in [2.45, 2.75) is 25.1 Å². The van der Waals surface area contributed by atoms with Gasteiger partial charge in [-0.05, 0) is 41.1 Å². The van der Waals surface area contributed by atoms with Crippen LogP contribution in [-0.2, 0) is 21.3 Å². The second-order valence-corrected chi connectivity index (χ2v) is 5.09. The number of hydrogen-bond donors (Lipinski definition) is 0. The van der Waals surface area contributed by atoms with Crippen LogP contribution in [0.25, 0.3) is 0 Å². The number of aromatic nitrogens is 1. The lowest BCUT2D eigenvalue weighted by Crippen LogP contribution is -2.12. The summed E-state index contributed by atoms with van der Waals surface area (Å²) in [6, 6.07) is 1.33. The van der Waals surface area contributed by atoms with E-state index in [1.165, 1.54) is 6.07 Å². The molecule has 1 rings (SSSR count). The third-order valence-corrected chi connectivity index (χ3v) is 3.67. The molecule has 7 heteroatoms. The maximum atomic E-state index is 12.7. The minimum Gasteiger partial charge on any atom is -0.466 e. The van der Waals surface area contributed by atoms with Gasteiger partial charge in [-0.2, -0.15) is 0 Å². The van der Waals surface area contributed by atoms with Crippen LogP contribution in [-0.4, -0.2) is 17.6 Å². The van der Waals surface area contributed by atoms with Crippen LogP contribution in [0.5, 0.6) is 0 Å². The minimum absolute atomic E-state index is 0.0919. The number of ether oxygens (including phenoxy) is 1. The highest BCUT2D eigenvalue weighted by atomic mass is 127. The normalized spacial score (nSPS) is 10.8. The predicted molar refractivity (Wildman–Crippen MR) is 74.9 cm³/mol. The average molecular weight is 434 g/mol. The molecule has 0 spiro atoms. The largest absolute Gasteiger partial charge is 0.466 e. The molecule has 0 N–H and O–H groups in total. The van der Waals surface area contributed by atoms with Crippen molar-refractivity contribution in [2.24, 2.45) is 0 Å². The zero-order valence-corrected chi connectivity index (χ0v) is 13.3. The van der Waals surface area contributed by atoms with Gasteiger partial charge in [0.1, 0.15) is 5.69 Å². The van der Waals surface area contributed by atoms with E-state index in [0.29, 0.717) is 14.6 Å². The lowest BCUT2D eigenvalue weighted by atomic mass is 10.1. The third-order valence-electron chi connectivity index (χ3n) is 2.15. The van der Waals surface area contributed by atoms with E-state index in [1.807, 2.05) is 22.6 Å². The first-order valence-corrected chi connectivity index (χ1v) is 7.37. The molecule has 0 bridgehead atoms. The van der Waals surface area contributed by atoms with Gasteiger partial charge in [-0.25, -0.2) is 8.78 Å². The molecule has 1 aromatic heterocycles. The van der Waals surface area contributed by atoms with Gasteiger partial charge >= 0.3 is 5.97 Å². The molecule has 1 aromatic rings. The zero-order valence-electron chi connectivity index (χ0n) is 9.55. The number of rotatable bonds is 5. The second kappa shape index (κ2) is 7.32. The first-order valence-electron chi connectivity index (χ1n) is 5.17. The summed E-state index contributed by atoms with van der Waals surface area (Å²) in [7, 11) is 0.